The third kappa shape index (κ3) is 6.19. The molecule has 1 aliphatic carbocycles. The van der Waals surface area contributed by atoms with Crippen molar-refractivity contribution in [1.82, 2.24) is 10.2 Å². The summed E-state index contributed by atoms with van der Waals surface area (Å²) in [6, 6.07) is 1.49. The molecule has 0 aromatic heterocycles. The quantitative estimate of drug-likeness (QED) is 0.665. The van der Waals surface area contributed by atoms with E-state index in [1.807, 2.05) is 0 Å². The molecule has 1 N–H and O–H groups in total. The van der Waals surface area contributed by atoms with E-state index in [0.29, 0.717) is 6.04 Å². The average molecular weight is 254 g/mol. The minimum Gasteiger partial charge on any atom is -0.314 e. The molecule has 0 saturated heterocycles. The summed E-state index contributed by atoms with van der Waals surface area (Å²) in [5.74, 6) is 0.989. The second-order valence-corrected chi connectivity index (χ2v) is 6.37. The third-order valence-electron chi connectivity index (χ3n) is 4.61. The van der Waals surface area contributed by atoms with Gasteiger partial charge in [0.25, 0.3) is 0 Å². The first-order valence-corrected chi connectivity index (χ1v) is 8.07. The van der Waals surface area contributed by atoms with Crippen LogP contribution in [0.25, 0.3) is 0 Å². The van der Waals surface area contributed by atoms with Gasteiger partial charge in [-0.25, -0.2) is 0 Å². The summed E-state index contributed by atoms with van der Waals surface area (Å²) in [6.45, 7) is 9.33. The first-order valence-electron chi connectivity index (χ1n) is 8.07. The zero-order valence-electron chi connectivity index (χ0n) is 13.0. The third-order valence-corrected chi connectivity index (χ3v) is 4.61. The number of nitrogens with zero attached hydrogens (tertiary/aromatic N) is 1. The van der Waals surface area contributed by atoms with Crippen molar-refractivity contribution in [3.8, 4) is 0 Å². The van der Waals surface area contributed by atoms with E-state index < -0.39 is 0 Å². The minimum absolute atomic E-state index is 0.682. The van der Waals surface area contributed by atoms with Gasteiger partial charge < -0.3 is 10.2 Å². The fraction of sp³-hybridized carbons (Fsp3) is 1.00. The molecule has 0 heterocycles. The van der Waals surface area contributed by atoms with Crippen LogP contribution in [0.15, 0.2) is 0 Å². The van der Waals surface area contributed by atoms with Gasteiger partial charge in [-0.3, -0.25) is 0 Å². The normalized spacial score (nSPS) is 25.0. The zero-order valence-corrected chi connectivity index (χ0v) is 13.0. The molecule has 2 unspecified atom stereocenters. The molecule has 1 saturated carbocycles. The van der Waals surface area contributed by atoms with E-state index in [2.05, 4.69) is 38.0 Å². The fourth-order valence-corrected chi connectivity index (χ4v) is 2.90. The van der Waals surface area contributed by atoms with Gasteiger partial charge in [-0.2, -0.15) is 0 Å². The molecular formula is C16H34N2. The summed E-state index contributed by atoms with van der Waals surface area (Å²) in [5.41, 5.74) is 0. The highest BCUT2D eigenvalue weighted by Crippen LogP contribution is 2.26. The molecular weight excluding hydrogens is 220 g/mol. The van der Waals surface area contributed by atoms with E-state index >= 15 is 0 Å². The largest absolute Gasteiger partial charge is 0.314 e. The Hall–Kier alpha value is -0.0800. The van der Waals surface area contributed by atoms with Gasteiger partial charge in [0.05, 0.1) is 0 Å². The topological polar surface area (TPSA) is 15.3 Å². The first-order chi connectivity index (χ1) is 8.63. The Morgan fingerprint density at radius 1 is 1.22 bits per heavy atom. The molecule has 0 aromatic carbocycles. The van der Waals surface area contributed by atoms with E-state index in [1.54, 1.807) is 0 Å². The summed E-state index contributed by atoms with van der Waals surface area (Å²) in [4.78, 5) is 2.44. The number of nitrogens with one attached hydrogen (secondary N) is 1. The van der Waals surface area contributed by atoms with Crippen LogP contribution in [0.3, 0.4) is 0 Å². The van der Waals surface area contributed by atoms with Gasteiger partial charge >= 0.3 is 0 Å². The standard InChI is InChI=1S/C16H34N2/c1-5-15-9-8-10-16(13-15)17-11-6-7-12-18(4)14(2)3/h14-17H,5-13H2,1-4H3. The van der Waals surface area contributed by atoms with Crippen LogP contribution in [-0.4, -0.2) is 37.1 Å². The molecule has 2 atom stereocenters. The lowest BCUT2D eigenvalue weighted by Crippen LogP contribution is -2.35. The highest BCUT2D eigenvalue weighted by molar-refractivity contribution is 4.77. The molecule has 0 bridgehead atoms. The van der Waals surface area contributed by atoms with Gasteiger partial charge in [0, 0.05) is 12.1 Å². The van der Waals surface area contributed by atoms with Crippen LogP contribution in [0, 0.1) is 5.92 Å². The lowest BCUT2D eigenvalue weighted by Gasteiger charge is -2.29. The molecule has 1 rings (SSSR count). The molecule has 2 nitrogen and oxygen atoms in total. The van der Waals surface area contributed by atoms with E-state index in [4.69, 9.17) is 0 Å². The summed E-state index contributed by atoms with van der Waals surface area (Å²) >= 11 is 0. The predicted molar refractivity (Wildman–Crippen MR) is 81.0 cm³/mol. The van der Waals surface area contributed by atoms with Crippen molar-refractivity contribution in [2.75, 3.05) is 20.1 Å². The Kier molecular flexibility index (Phi) is 7.92. The molecule has 0 amide bonds. The van der Waals surface area contributed by atoms with Crippen molar-refractivity contribution in [2.45, 2.75) is 77.8 Å². The number of hydrogen-bond acceptors (Lipinski definition) is 2. The highest BCUT2D eigenvalue weighted by atomic mass is 15.1. The monoisotopic (exact) mass is 254 g/mol. The molecule has 1 aliphatic rings. The van der Waals surface area contributed by atoms with Crippen LogP contribution >= 0.6 is 0 Å². The maximum Gasteiger partial charge on any atom is 0.00697 e. The fourth-order valence-electron chi connectivity index (χ4n) is 2.90. The number of rotatable bonds is 8. The van der Waals surface area contributed by atoms with Gasteiger partial charge in [0.15, 0.2) is 0 Å². The van der Waals surface area contributed by atoms with Gasteiger partial charge in [-0.05, 0) is 65.6 Å². The van der Waals surface area contributed by atoms with Crippen LogP contribution < -0.4 is 5.32 Å². The summed E-state index contributed by atoms with van der Waals surface area (Å²) in [7, 11) is 2.23. The zero-order chi connectivity index (χ0) is 13.4. The van der Waals surface area contributed by atoms with Crippen molar-refractivity contribution >= 4 is 0 Å². The van der Waals surface area contributed by atoms with Gasteiger partial charge in [0.2, 0.25) is 0 Å². The maximum absolute atomic E-state index is 3.77. The highest BCUT2D eigenvalue weighted by Gasteiger charge is 2.19. The molecule has 0 aliphatic heterocycles. The van der Waals surface area contributed by atoms with Gasteiger partial charge in [-0.1, -0.05) is 26.2 Å². The number of hydrogen-bond donors (Lipinski definition) is 1. The molecule has 1 fully saturated rings. The lowest BCUT2D eigenvalue weighted by atomic mass is 9.84. The van der Waals surface area contributed by atoms with E-state index in [0.717, 1.165) is 12.0 Å². The van der Waals surface area contributed by atoms with Crippen LogP contribution in [0.5, 0.6) is 0 Å². The average Bonchev–Trinajstić information content (AvgIpc) is 2.38. The van der Waals surface area contributed by atoms with E-state index in [-0.39, 0.29) is 0 Å². The van der Waals surface area contributed by atoms with Crippen LogP contribution in [0.4, 0.5) is 0 Å². The van der Waals surface area contributed by atoms with Crippen LogP contribution in [0.2, 0.25) is 0 Å². The van der Waals surface area contributed by atoms with Crippen molar-refractivity contribution in [3.05, 3.63) is 0 Å². The predicted octanol–water partition coefficient (Wildman–Crippen LogP) is 3.67. The Morgan fingerprint density at radius 2 is 2.00 bits per heavy atom. The Bertz CT molecular complexity index is 203. The maximum atomic E-state index is 3.77. The Morgan fingerprint density at radius 3 is 2.67 bits per heavy atom. The molecule has 0 spiro atoms. The Labute approximate surface area is 115 Å². The second-order valence-electron chi connectivity index (χ2n) is 6.37. The molecule has 108 valence electrons. The summed E-state index contributed by atoms with van der Waals surface area (Å²) < 4.78 is 0. The molecule has 18 heavy (non-hydrogen) atoms. The molecule has 0 radical (unpaired) electrons. The van der Waals surface area contributed by atoms with Crippen molar-refractivity contribution in [1.29, 1.82) is 0 Å². The first kappa shape index (κ1) is 16.0. The Balaban J connectivity index is 2.00. The van der Waals surface area contributed by atoms with Crippen LogP contribution in [-0.2, 0) is 0 Å². The van der Waals surface area contributed by atoms with Crippen molar-refractivity contribution < 1.29 is 0 Å². The SMILES string of the molecule is CCC1CCCC(NCCCCN(C)C(C)C)C1. The van der Waals surface area contributed by atoms with Crippen molar-refractivity contribution in [2.24, 2.45) is 5.92 Å². The van der Waals surface area contributed by atoms with Crippen molar-refractivity contribution in [3.63, 3.8) is 0 Å². The van der Waals surface area contributed by atoms with E-state index in [1.165, 1.54) is 58.0 Å². The second kappa shape index (κ2) is 8.92. The summed E-state index contributed by atoms with van der Waals surface area (Å²) in [5, 5.41) is 3.77. The smallest absolute Gasteiger partial charge is 0.00697 e. The summed E-state index contributed by atoms with van der Waals surface area (Å²) in [6.07, 6.45) is 9.75. The van der Waals surface area contributed by atoms with E-state index in [9.17, 15) is 0 Å². The number of unbranched alkanes of at least 4 members (excludes halogenated alkanes) is 1. The van der Waals surface area contributed by atoms with Gasteiger partial charge in [0.1, 0.15) is 0 Å². The van der Waals surface area contributed by atoms with Crippen LogP contribution in [0.1, 0.15) is 65.7 Å². The molecule has 0 aromatic rings. The van der Waals surface area contributed by atoms with Gasteiger partial charge in [-0.15, -0.1) is 0 Å². The molecule has 2 heteroatoms. The minimum atomic E-state index is 0.682. The lowest BCUT2D eigenvalue weighted by molar-refractivity contribution is 0.259.